The molecule has 0 bridgehead atoms. The highest BCUT2D eigenvalue weighted by atomic mass is 19.4. The Balaban J connectivity index is 2.09. The number of methoxy groups -OCH3 is 1. The monoisotopic (exact) mass is 478 g/mol. The van der Waals surface area contributed by atoms with E-state index in [9.17, 15) is 36.2 Å². The van der Waals surface area contributed by atoms with E-state index in [1.165, 1.54) is 19.2 Å². The first-order chi connectivity index (χ1) is 15.3. The Kier molecular flexibility index (Phi) is 8.36. The highest BCUT2D eigenvalue weighted by molar-refractivity contribution is 5.76. The lowest BCUT2D eigenvalue weighted by molar-refractivity contribution is -0.260. The molecular weight excluding hydrogens is 454 g/mol. The number of aliphatic hydroxyl groups is 1. The summed E-state index contributed by atoms with van der Waals surface area (Å²) in [7, 11) is 1.48. The molecule has 1 amide bonds. The third-order valence-corrected chi connectivity index (χ3v) is 5.00. The van der Waals surface area contributed by atoms with E-state index in [-0.39, 0.29) is 36.7 Å². The van der Waals surface area contributed by atoms with E-state index in [4.69, 9.17) is 4.74 Å². The summed E-state index contributed by atoms with van der Waals surface area (Å²) in [5.74, 6) is -0.233. The molecule has 0 heterocycles. The number of hydrogen-bond donors (Lipinski definition) is 3. The van der Waals surface area contributed by atoms with E-state index >= 15 is 0 Å². The molecule has 0 radical (unpaired) electrons. The van der Waals surface area contributed by atoms with Gasteiger partial charge in [0.25, 0.3) is 0 Å². The normalized spacial score (nSPS) is 14.9. The maximum Gasteiger partial charge on any atom is 0.423 e. The number of nitrogens with one attached hydrogen (secondary N) is 2. The molecule has 182 valence electrons. The summed E-state index contributed by atoms with van der Waals surface area (Å²) in [6.45, 7) is 0.816. The number of rotatable bonds is 9. The Morgan fingerprint density at radius 1 is 1.03 bits per heavy atom. The number of alkyl halides is 6. The van der Waals surface area contributed by atoms with Crippen LogP contribution in [-0.2, 0) is 27.9 Å². The summed E-state index contributed by atoms with van der Waals surface area (Å²) in [4.78, 5) is 11.8. The molecule has 11 heteroatoms. The van der Waals surface area contributed by atoms with Crippen LogP contribution in [0.5, 0.6) is 0 Å². The third kappa shape index (κ3) is 7.10. The Labute approximate surface area is 186 Å². The highest BCUT2D eigenvalue weighted by Crippen LogP contribution is 2.41. The average molecular weight is 478 g/mol. The van der Waals surface area contributed by atoms with Crippen molar-refractivity contribution < 1.29 is 41.0 Å². The van der Waals surface area contributed by atoms with Gasteiger partial charge in [0.2, 0.25) is 11.5 Å². The van der Waals surface area contributed by atoms with Crippen LogP contribution in [-0.4, -0.2) is 36.9 Å². The molecule has 0 fully saturated rings. The fourth-order valence-electron chi connectivity index (χ4n) is 2.91. The number of ether oxygens (including phenoxy) is 1. The van der Waals surface area contributed by atoms with Crippen molar-refractivity contribution in [2.45, 2.75) is 43.9 Å². The zero-order chi connectivity index (χ0) is 24.9. The molecule has 2 aromatic carbocycles. The van der Waals surface area contributed by atoms with Crippen molar-refractivity contribution in [3.63, 3.8) is 0 Å². The average Bonchev–Trinajstić information content (AvgIpc) is 2.75. The molecular formula is C22H24F6N2O3. The van der Waals surface area contributed by atoms with Crippen molar-refractivity contribution in [3.8, 4) is 0 Å². The van der Waals surface area contributed by atoms with E-state index in [1.54, 1.807) is 19.1 Å². The first kappa shape index (κ1) is 26.5. The van der Waals surface area contributed by atoms with Gasteiger partial charge in [0.15, 0.2) is 0 Å². The van der Waals surface area contributed by atoms with Gasteiger partial charge in [-0.3, -0.25) is 4.79 Å². The number of carbonyl (C=O) groups excluding carboxylic acids is 1. The van der Waals surface area contributed by atoms with Crippen LogP contribution in [0.3, 0.4) is 0 Å². The Morgan fingerprint density at radius 3 is 2.18 bits per heavy atom. The Hall–Kier alpha value is -2.79. The second-order valence-corrected chi connectivity index (χ2v) is 7.51. The van der Waals surface area contributed by atoms with E-state index in [2.05, 4.69) is 10.6 Å². The van der Waals surface area contributed by atoms with Crippen LogP contribution < -0.4 is 10.6 Å². The first-order valence-corrected chi connectivity index (χ1v) is 9.85. The number of carbonyl (C=O) groups is 1. The Bertz CT molecular complexity index is 931. The lowest BCUT2D eigenvalue weighted by Crippen LogP contribution is -2.47. The number of hydrogen-bond acceptors (Lipinski definition) is 4. The lowest BCUT2D eigenvalue weighted by atomic mass is 9.91. The molecule has 2 rings (SSSR count). The Morgan fingerprint density at radius 2 is 1.64 bits per heavy atom. The van der Waals surface area contributed by atoms with Crippen molar-refractivity contribution in [2.75, 3.05) is 19.0 Å². The molecule has 0 aromatic heterocycles. The number of halogens is 6. The van der Waals surface area contributed by atoms with E-state index in [0.29, 0.717) is 11.6 Å². The van der Waals surface area contributed by atoms with Crippen molar-refractivity contribution in [1.29, 1.82) is 0 Å². The van der Waals surface area contributed by atoms with Gasteiger partial charge < -0.3 is 20.5 Å². The van der Waals surface area contributed by atoms with Crippen LogP contribution in [0.1, 0.15) is 30.0 Å². The van der Waals surface area contributed by atoms with Gasteiger partial charge in [0, 0.05) is 19.3 Å². The van der Waals surface area contributed by atoms with E-state index in [1.807, 2.05) is 0 Å². The summed E-state index contributed by atoms with van der Waals surface area (Å²) >= 11 is 0. The SMILES string of the molecule is CO[C@@H](C)CC(=O)NCc1ccc(NC[C@](O)(c2cccc(C(F)(F)F)c2)C(F)(F)F)cc1. The van der Waals surface area contributed by atoms with Gasteiger partial charge in [0.1, 0.15) is 0 Å². The molecule has 0 aliphatic carbocycles. The fourth-order valence-corrected chi connectivity index (χ4v) is 2.91. The maximum atomic E-state index is 13.7. The molecule has 0 saturated heterocycles. The standard InChI is InChI=1S/C22H24F6N2O3/c1-14(33-2)10-19(31)29-12-15-6-8-18(9-7-15)30-13-20(32,22(26,27)28)16-4-3-5-17(11-16)21(23,24)25/h3-9,11,14,30,32H,10,12-13H2,1-2H3,(H,29,31)/t14-,20-/m0/s1. The van der Waals surface area contributed by atoms with Crippen LogP contribution in [0, 0.1) is 0 Å². The summed E-state index contributed by atoms with van der Waals surface area (Å²) in [5, 5.41) is 15.4. The first-order valence-electron chi connectivity index (χ1n) is 9.85. The van der Waals surface area contributed by atoms with E-state index in [0.717, 1.165) is 12.1 Å². The molecule has 0 aliphatic rings. The molecule has 33 heavy (non-hydrogen) atoms. The zero-order valence-corrected chi connectivity index (χ0v) is 17.8. The van der Waals surface area contributed by atoms with Crippen LogP contribution in [0.2, 0.25) is 0 Å². The van der Waals surface area contributed by atoms with Crippen molar-refractivity contribution in [1.82, 2.24) is 5.32 Å². The second kappa shape index (κ2) is 10.4. The lowest BCUT2D eigenvalue weighted by Gasteiger charge is -2.32. The molecule has 0 spiro atoms. The predicted molar refractivity (Wildman–Crippen MR) is 109 cm³/mol. The zero-order valence-electron chi connectivity index (χ0n) is 17.8. The smallest absolute Gasteiger partial charge is 0.381 e. The van der Waals surface area contributed by atoms with Gasteiger partial charge in [-0.1, -0.05) is 24.3 Å². The molecule has 3 N–H and O–H groups in total. The number of amides is 1. The molecule has 5 nitrogen and oxygen atoms in total. The number of benzene rings is 2. The quantitative estimate of drug-likeness (QED) is 0.461. The summed E-state index contributed by atoms with van der Waals surface area (Å²) in [5.41, 5.74) is -4.91. The number of anilines is 1. The van der Waals surface area contributed by atoms with Crippen LogP contribution in [0.25, 0.3) is 0 Å². The van der Waals surface area contributed by atoms with Gasteiger partial charge in [0.05, 0.1) is 24.6 Å². The molecule has 0 saturated carbocycles. The van der Waals surface area contributed by atoms with Gasteiger partial charge in [-0.2, -0.15) is 26.3 Å². The van der Waals surface area contributed by atoms with Crippen molar-refractivity contribution in [2.24, 2.45) is 0 Å². The maximum absolute atomic E-state index is 13.7. The minimum atomic E-state index is -5.24. The van der Waals surface area contributed by atoms with Gasteiger partial charge in [-0.05, 0) is 42.3 Å². The van der Waals surface area contributed by atoms with Crippen molar-refractivity contribution in [3.05, 3.63) is 65.2 Å². The molecule has 0 unspecified atom stereocenters. The molecule has 0 aliphatic heterocycles. The summed E-state index contributed by atoms with van der Waals surface area (Å²) in [6.07, 6.45) is -10.2. The fraction of sp³-hybridized carbons (Fsp3) is 0.409. The van der Waals surface area contributed by atoms with Crippen LogP contribution >= 0.6 is 0 Å². The highest BCUT2D eigenvalue weighted by Gasteiger charge is 2.55. The molecule has 2 aromatic rings. The van der Waals surface area contributed by atoms with Gasteiger partial charge in [-0.15, -0.1) is 0 Å². The van der Waals surface area contributed by atoms with Crippen LogP contribution in [0.15, 0.2) is 48.5 Å². The molecule has 2 atom stereocenters. The second-order valence-electron chi connectivity index (χ2n) is 7.51. The van der Waals surface area contributed by atoms with Gasteiger partial charge in [-0.25, -0.2) is 0 Å². The summed E-state index contributed by atoms with van der Waals surface area (Å²) < 4.78 is 84.7. The predicted octanol–water partition coefficient (Wildman–Crippen LogP) is 4.61. The van der Waals surface area contributed by atoms with Crippen LogP contribution in [0.4, 0.5) is 32.0 Å². The minimum absolute atomic E-state index is 0.168. The van der Waals surface area contributed by atoms with E-state index < -0.39 is 35.6 Å². The van der Waals surface area contributed by atoms with Crippen molar-refractivity contribution >= 4 is 11.6 Å². The topological polar surface area (TPSA) is 70.6 Å². The van der Waals surface area contributed by atoms with Gasteiger partial charge >= 0.3 is 12.4 Å². The third-order valence-electron chi connectivity index (χ3n) is 5.00. The largest absolute Gasteiger partial charge is 0.423 e. The minimum Gasteiger partial charge on any atom is -0.381 e. The summed E-state index contributed by atoms with van der Waals surface area (Å²) in [6, 6.07) is 8.49.